The van der Waals surface area contributed by atoms with Crippen molar-refractivity contribution in [2.24, 2.45) is 5.41 Å². The first kappa shape index (κ1) is 13.8. The lowest BCUT2D eigenvalue weighted by Crippen LogP contribution is -2.28. The summed E-state index contributed by atoms with van der Waals surface area (Å²) in [7, 11) is -3.81. The van der Waals surface area contributed by atoms with Crippen LogP contribution in [0.15, 0.2) is 23.1 Å². The zero-order valence-corrected chi connectivity index (χ0v) is 11.3. The van der Waals surface area contributed by atoms with Gasteiger partial charge in [-0.2, -0.15) is 0 Å². The van der Waals surface area contributed by atoms with E-state index in [1.54, 1.807) is 0 Å². The lowest BCUT2D eigenvalue weighted by atomic mass is 10.2. The number of aromatic hydroxyl groups is 1. The predicted molar refractivity (Wildman–Crippen MR) is 67.3 cm³/mol. The van der Waals surface area contributed by atoms with Crippen molar-refractivity contribution < 1.29 is 18.4 Å². The van der Waals surface area contributed by atoms with Crippen molar-refractivity contribution in [3.05, 3.63) is 28.3 Å². The highest BCUT2D eigenvalue weighted by atomic mass is 32.2. The normalized spacial score (nSPS) is 21.1. The van der Waals surface area contributed by atoms with Gasteiger partial charge in [0.1, 0.15) is 0 Å². The maximum Gasteiger partial charge on any atom is 0.312 e. The second kappa shape index (κ2) is 4.17. The Morgan fingerprint density at radius 3 is 2.53 bits per heavy atom. The molecule has 7 nitrogen and oxygen atoms in total. The van der Waals surface area contributed by atoms with Gasteiger partial charge < -0.3 is 5.11 Å². The number of phenols is 1. The van der Waals surface area contributed by atoms with Gasteiger partial charge in [0.15, 0.2) is 5.75 Å². The number of nitro benzene ring substituents is 1. The number of hydrogen-bond donors (Lipinski definition) is 2. The Labute approximate surface area is 110 Å². The average molecular weight is 286 g/mol. The van der Waals surface area contributed by atoms with E-state index in [2.05, 4.69) is 4.72 Å². The van der Waals surface area contributed by atoms with E-state index in [4.69, 9.17) is 0 Å². The fourth-order valence-corrected chi connectivity index (χ4v) is 3.17. The Morgan fingerprint density at radius 2 is 2.05 bits per heavy atom. The molecule has 0 saturated heterocycles. The standard InChI is InChI=1S/C11H14N2O5S/c1-11(2)6-10(11)12-19(17,18)7-3-4-9(14)8(5-7)13(15)16/h3-5,10,12,14H,6H2,1-2H3. The maximum atomic E-state index is 12.0. The molecule has 0 radical (unpaired) electrons. The quantitative estimate of drug-likeness (QED) is 0.641. The van der Waals surface area contributed by atoms with Gasteiger partial charge >= 0.3 is 5.69 Å². The molecule has 2 rings (SSSR count). The predicted octanol–water partition coefficient (Wildman–Crippen LogP) is 1.38. The third-order valence-electron chi connectivity index (χ3n) is 3.26. The monoisotopic (exact) mass is 286 g/mol. The Morgan fingerprint density at radius 1 is 1.47 bits per heavy atom. The molecule has 1 aliphatic carbocycles. The molecule has 0 amide bonds. The van der Waals surface area contributed by atoms with Crippen LogP contribution in [0.25, 0.3) is 0 Å². The minimum atomic E-state index is -3.81. The van der Waals surface area contributed by atoms with Crippen molar-refractivity contribution in [2.75, 3.05) is 0 Å². The van der Waals surface area contributed by atoms with Crippen LogP contribution in [0.5, 0.6) is 5.75 Å². The summed E-state index contributed by atoms with van der Waals surface area (Å²) in [5, 5.41) is 20.0. The Balaban J connectivity index is 2.31. The number of nitrogens with zero attached hydrogens (tertiary/aromatic N) is 1. The topological polar surface area (TPSA) is 110 Å². The van der Waals surface area contributed by atoms with Crippen LogP contribution < -0.4 is 4.72 Å². The summed E-state index contributed by atoms with van der Waals surface area (Å²) in [5.74, 6) is -0.560. The van der Waals surface area contributed by atoms with Crippen LogP contribution in [0, 0.1) is 15.5 Å². The van der Waals surface area contributed by atoms with Crippen molar-refractivity contribution in [1.29, 1.82) is 0 Å². The van der Waals surface area contributed by atoms with E-state index >= 15 is 0 Å². The number of phenolic OH excluding ortho intramolecular Hbond substituents is 1. The van der Waals surface area contributed by atoms with Gasteiger partial charge in [0, 0.05) is 12.1 Å². The zero-order chi connectivity index (χ0) is 14.4. The van der Waals surface area contributed by atoms with Gasteiger partial charge in [0.25, 0.3) is 0 Å². The first-order valence-corrected chi connectivity index (χ1v) is 7.11. The Hall–Kier alpha value is -1.67. The fraction of sp³-hybridized carbons (Fsp3) is 0.455. The smallest absolute Gasteiger partial charge is 0.312 e. The van der Waals surface area contributed by atoms with E-state index < -0.39 is 26.4 Å². The van der Waals surface area contributed by atoms with E-state index in [9.17, 15) is 23.6 Å². The molecule has 0 heterocycles. The Kier molecular flexibility index (Phi) is 3.02. The fourth-order valence-electron chi connectivity index (χ4n) is 1.74. The van der Waals surface area contributed by atoms with Crippen LogP contribution in [0.3, 0.4) is 0 Å². The van der Waals surface area contributed by atoms with Crippen LogP contribution in [-0.2, 0) is 10.0 Å². The molecule has 1 aromatic rings. The molecular weight excluding hydrogens is 272 g/mol. The number of hydrogen-bond acceptors (Lipinski definition) is 5. The van der Waals surface area contributed by atoms with Crippen molar-refractivity contribution in [1.82, 2.24) is 4.72 Å². The molecule has 2 N–H and O–H groups in total. The minimum Gasteiger partial charge on any atom is -0.502 e. The zero-order valence-electron chi connectivity index (χ0n) is 10.5. The van der Waals surface area contributed by atoms with Crippen LogP contribution in [0.4, 0.5) is 5.69 Å². The first-order valence-electron chi connectivity index (χ1n) is 5.63. The van der Waals surface area contributed by atoms with Gasteiger partial charge in [0.2, 0.25) is 10.0 Å². The van der Waals surface area contributed by atoms with Gasteiger partial charge in [0.05, 0.1) is 9.82 Å². The molecule has 1 aliphatic rings. The molecule has 104 valence electrons. The number of sulfonamides is 1. The van der Waals surface area contributed by atoms with Crippen LogP contribution >= 0.6 is 0 Å². The summed E-state index contributed by atoms with van der Waals surface area (Å²) in [6, 6.07) is 2.84. The molecule has 1 fully saturated rings. The van der Waals surface area contributed by atoms with Gasteiger partial charge in [-0.3, -0.25) is 10.1 Å². The van der Waals surface area contributed by atoms with Crippen LogP contribution in [0.1, 0.15) is 20.3 Å². The highest BCUT2D eigenvalue weighted by Crippen LogP contribution is 2.45. The molecule has 0 bridgehead atoms. The third-order valence-corrected chi connectivity index (χ3v) is 4.73. The number of nitro groups is 1. The molecule has 1 atom stereocenters. The molecule has 8 heteroatoms. The summed E-state index contributed by atoms with van der Waals surface area (Å²) in [4.78, 5) is 9.62. The summed E-state index contributed by atoms with van der Waals surface area (Å²) in [6.45, 7) is 3.86. The summed E-state index contributed by atoms with van der Waals surface area (Å²) in [6.07, 6.45) is 0.729. The van der Waals surface area contributed by atoms with E-state index in [0.717, 1.165) is 24.6 Å². The van der Waals surface area contributed by atoms with Crippen molar-refractivity contribution in [2.45, 2.75) is 31.2 Å². The highest BCUT2D eigenvalue weighted by molar-refractivity contribution is 7.89. The van der Waals surface area contributed by atoms with E-state index in [0.29, 0.717) is 0 Å². The molecule has 1 unspecified atom stereocenters. The van der Waals surface area contributed by atoms with Gasteiger partial charge in [-0.05, 0) is 24.0 Å². The van der Waals surface area contributed by atoms with Gasteiger partial charge in [-0.15, -0.1) is 0 Å². The SMILES string of the molecule is CC1(C)CC1NS(=O)(=O)c1ccc(O)c([N+](=O)[O-])c1. The largest absolute Gasteiger partial charge is 0.502 e. The number of benzene rings is 1. The lowest BCUT2D eigenvalue weighted by Gasteiger charge is -2.08. The maximum absolute atomic E-state index is 12.0. The second-order valence-electron chi connectivity index (χ2n) is 5.27. The van der Waals surface area contributed by atoms with Crippen LogP contribution in [0.2, 0.25) is 0 Å². The third kappa shape index (κ3) is 2.69. The minimum absolute atomic E-state index is 0.0874. The first-order chi connectivity index (χ1) is 8.63. The van der Waals surface area contributed by atoms with Crippen molar-refractivity contribution in [3.63, 3.8) is 0 Å². The van der Waals surface area contributed by atoms with Crippen LogP contribution in [-0.4, -0.2) is 24.5 Å². The highest BCUT2D eigenvalue weighted by Gasteiger charge is 2.48. The van der Waals surface area contributed by atoms with E-state index in [-0.39, 0.29) is 16.4 Å². The lowest BCUT2D eigenvalue weighted by molar-refractivity contribution is -0.386. The number of nitrogens with one attached hydrogen (secondary N) is 1. The van der Waals surface area contributed by atoms with Crippen molar-refractivity contribution in [3.8, 4) is 5.75 Å². The molecule has 0 spiro atoms. The van der Waals surface area contributed by atoms with Crippen molar-refractivity contribution >= 4 is 15.7 Å². The average Bonchev–Trinajstić information content (AvgIpc) is 2.84. The van der Waals surface area contributed by atoms with E-state index in [1.807, 2.05) is 13.8 Å². The molecule has 1 aromatic carbocycles. The second-order valence-corrected chi connectivity index (χ2v) is 6.99. The van der Waals surface area contributed by atoms with Gasteiger partial charge in [-0.1, -0.05) is 13.8 Å². The Bertz CT molecular complexity index is 638. The summed E-state index contributed by atoms with van der Waals surface area (Å²) >= 11 is 0. The molecule has 0 aromatic heterocycles. The molecule has 19 heavy (non-hydrogen) atoms. The summed E-state index contributed by atoms with van der Waals surface area (Å²) < 4.78 is 26.6. The molecule has 0 aliphatic heterocycles. The summed E-state index contributed by atoms with van der Waals surface area (Å²) in [5.41, 5.74) is -0.714. The number of rotatable bonds is 4. The van der Waals surface area contributed by atoms with Gasteiger partial charge in [-0.25, -0.2) is 13.1 Å². The molecular formula is C11H14N2O5S. The molecule has 1 saturated carbocycles. The van der Waals surface area contributed by atoms with E-state index in [1.165, 1.54) is 0 Å².